The molecular formula is C22H36B4O8. The van der Waals surface area contributed by atoms with Crippen molar-refractivity contribution in [1.29, 1.82) is 0 Å². The molecule has 0 aromatic heterocycles. The third-order valence-corrected chi connectivity index (χ3v) is 4.04. The van der Waals surface area contributed by atoms with E-state index in [0.717, 1.165) is 0 Å². The molecule has 2 saturated heterocycles. The number of hydrogen-bond acceptors (Lipinski definition) is 8. The lowest BCUT2D eigenvalue weighted by Crippen LogP contribution is -2.58. The smallest absolute Gasteiger partial charge is 0.524 e. The molecule has 2 aromatic rings. The van der Waals surface area contributed by atoms with Gasteiger partial charge in [0.1, 0.15) is 36.6 Å². The molecule has 0 spiro atoms. The highest BCUT2D eigenvalue weighted by atomic mass is 16.8. The Morgan fingerprint density at radius 3 is 0.824 bits per heavy atom. The fourth-order valence-corrected chi connectivity index (χ4v) is 2.67. The van der Waals surface area contributed by atoms with Gasteiger partial charge in [0.05, 0.1) is 0 Å². The fourth-order valence-electron chi connectivity index (χ4n) is 2.67. The summed E-state index contributed by atoms with van der Waals surface area (Å²) in [5.41, 5.74) is 0. The highest BCUT2D eigenvalue weighted by molar-refractivity contribution is 7.12. The number of benzene rings is 2. The molecule has 0 saturated carbocycles. The topological polar surface area (TPSA) is 73.8 Å². The molecule has 4 aliphatic heterocycles. The molecule has 0 aliphatic carbocycles. The number of para-hydroxylation sites is 4. The van der Waals surface area contributed by atoms with Crippen LogP contribution in [0.3, 0.4) is 0 Å². The van der Waals surface area contributed by atoms with Crippen LogP contribution < -0.4 is 18.6 Å². The van der Waals surface area contributed by atoms with Crippen LogP contribution in [-0.4, -0.2) is 41.6 Å². The van der Waals surface area contributed by atoms with Gasteiger partial charge < -0.3 is 37.2 Å². The van der Waals surface area contributed by atoms with Crippen LogP contribution in [0.4, 0.5) is 0 Å². The van der Waals surface area contributed by atoms with Gasteiger partial charge >= 0.3 is 28.0 Å². The Hall–Kier alpha value is -2.26. The van der Waals surface area contributed by atoms with Crippen molar-refractivity contribution in [2.45, 2.75) is 55.4 Å². The van der Waals surface area contributed by atoms with Gasteiger partial charge in [-0.25, -0.2) is 0 Å². The Morgan fingerprint density at radius 2 is 0.647 bits per heavy atom. The van der Waals surface area contributed by atoms with E-state index in [1.54, 1.807) is 0 Å². The maximum absolute atomic E-state index is 5.65. The van der Waals surface area contributed by atoms with Crippen LogP contribution in [0.2, 0.25) is 0 Å². The Bertz CT molecular complexity index is 678. The van der Waals surface area contributed by atoms with Crippen molar-refractivity contribution < 1.29 is 37.2 Å². The maximum atomic E-state index is 5.65. The number of fused-ring (bicyclic) bond motifs is 2. The molecule has 4 heterocycles. The molecule has 4 aliphatic rings. The monoisotopic (exact) mass is 472 g/mol. The van der Waals surface area contributed by atoms with Gasteiger partial charge in [0.25, 0.3) is 0 Å². The van der Waals surface area contributed by atoms with Gasteiger partial charge in [0.2, 0.25) is 0 Å². The summed E-state index contributed by atoms with van der Waals surface area (Å²) in [5.74, 6) is 2.85. The molecule has 2 fully saturated rings. The Kier molecular flexibility index (Phi) is 15.1. The highest BCUT2D eigenvalue weighted by Crippen LogP contribution is 2.37. The van der Waals surface area contributed by atoms with E-state index in [1.165, 1.54) is 0 Å². The normalized spacial score (nSPS) is 15.1. The average Bonchev–Trinajstić information content (AvgIpc) is 3.50. The van der Waals surface area contributed by atoms with Gasteiger partial charge in [0, 0.05) is 0 Å². The second kappa shape index (κ2) is 17.2. The molecule has 12 heteroatoms. The first kappa shape index (κ1) is 29.8. The van der Waals surface area contributed by atoms with Gasteiger partial charge in [-0.3, -0.25) is 0 Å². The van der Waals surface area contributed by atoms with E-state index in [4.69, 9.17) is 37.2 Å². The molecule has 0 radical (unpaired) electrons. The molecule has 184 valence electrons. The summed E-state index contributed by atoms with van der Waals surface area (Å²) < 4.78 is 42.0. The zero-order chi connectivity index (χ0) is 25.3. The molecule has 0 bridgehead atoms. The summed E-state index contributed by atoms with van der Waals surface area (Å²) in [7, 11) is -1.67. The van der Waals surface area contributed by atoms with Crippen LogP contribution in [0.1, 0.15) is 55.4 Å². The number of hydrogen-bond donors (Lipinski definition) is 0. The standard InChI is InChI=1S/C12H8B2O4.C2H4B2O4.4C2H6/c1-2-6-10-9(5-1)15-13(16-10)14-17-11-7-3-4-8-12(11)18-14;1-5-3(6-1)4-7-2-8-4;4*1-2/h1-8H;1-2H2;4*1-2H3. The van der Waals surface area contributed by atoms with Crippen LogP contribution in [0.25, 0.3) is 0 Å². The van der Waals surface area contributed by atoms with Crippen molar-refractivity contribution in [2.75, 3.05) is 13.6 Å². The summed E-state index contributed by atoms with van der Waals surface area (Å²) in [6.45, 7) is 16.7. The SMILES string of the molecule is C1OB(B2OCO2)O1.CC.CC.CC.CC.c1ccc2c(c1)OB(B1Oc3ccccc3O1)O2. The Balaban J connectivity index is 0.000000303. The van der Waals surface area contributed by atoms with E-state index < -0.39 is 14.0 Å². The predicted molar refractivity (Wildman–Crippen MR) is 138 cm³/mol. The minimum absolute atomic E-state index is 0.260. The highest BCUT2D eigenvalue weighted by Gasteiger charge is 2.55. The third-order valence-electron chi connectivity index (χ3n) is 4.04. The van der Waals surface area contributed by atoms with Crippen molar-refractivity contribution in [2.24, 2.45) is 0 Å². The van der Waals surface area contributed by atoms with Gasteiger partial charge in [-0.15, -0.1) is 0 Å². The van der Waals surface area contributed by atoms with Crippen molar-refractivity contribution in [3.05, 3.63) is 48.5 Å². The van der Waals surface area contributed by atoms with Crippen molar-refractivity contribution in [1.82, 2.24) is 0 Å². The minimum Gasteiger partial charge on any atom is -0.524 e. The quantitative estimate of drug-likeness (QED) is 0.558. The molecule has 0 atom stereocenters. The van der Waals surface area contributed by atoms with Crippen molar-refractivity contribution in [3.63, 3.8) is 0 Å². The van der Waals surface area contributed by atoms with Gasteiger partial charge in [-0.05, 0) is 24.3 Å². The van der Waals surface area contributed by atoms with Crippen LogP contribution in [-0.2, 0) is 18.6 Å². The lowest BCUT2D eigenvalue weighted by atomic mass is 9.46. The molecule has 6 rings (SSSR count). The van der Waals surface area contributed by atoms with Crippen LogP contribution in [0, 0.1) is 0 Å². The molecule has 8 nitrogen and oxygen atoms in total. The largest absolute Gasteiger partial charge is 0.658 e. The second-order valence-corrected chi connectivity index (χ2v) is 5.74. The zero-order valence-electron chi connectivity index (χ0n) is 21.6. The first-order chi connectivity index (χ1) is 16.9. The van der Waals surface area contributed by atoms with Gasteiger partial charge in [0.15, 0.2) is 0 Å². The summed E-state index contributed by atoms with van der Waals surface area (Å²) in [6, 6.07) is 15.0. The second-order valence-electron chi connectivity index (χ2n) is 5.74. The molecule has 34 heavy (non-hydrogen) atoms. The minimum atomic E-state index is -0.574. The van der Waals surface area contributed by atoms with E-state index >= 15 is 0 Å². The maximum Gasteiger partial charge on any atom is 0.658 e. The Labute approximate surface area is 206 Å². The molecule has 0 unspecified atom stereocenters. The summed E-state index contributed by atoms with van der Waals surface area (Å²) >= 11 is 0. The predicted octanol–water partition coefficient (Wildman–Crippen LogP) is 5.14. The molecular weight excluding hydrogens is 435 g/mol. The van der Waals surface area contributed by atoms with Crippen LogP contribution in [0.15, 0.2) is 48.5 Å². The molecule has 0 amide bonds. The average molecular weight is 472 g/mol. The third kappa shape index (κ3) is 7.91. The summed E-state index contributed by atoms with van der Waals surface area (Å²) in [5, 5.41) is 0. The fraction of sp³-hybridized carbons (Fsp3) is 0.455. The van der Waals surface area contributed by atoms with Gasteiger partial charge in [-0.1, -0.05) is 79.7 Å². The summed E-state index contributed by atoms with van der Waals surface area (Å²) in [4.78, 5) is 0. The lowest BCUT2D eigenvalue weighted by molar-refractivity contribution is -0.0454. The van der Waals surface area contributed by atoms with Gasteiger partial charge in [-0.2, -0.15) is 0 Å². The van der Waals surface area contributed by atoms with Crippen LogP contribution in [0.5, 0.6) is 23.0 Å². The van der Waals surface area contributed by atoms with Crippen molar-refractivity contribution in [3.8, 4) is 23.0 Å². The number of rotatable bonds is 2. The van der Waals surface area contributed by atoms with E-state index in [9.17, 15) is 0 Å². The zero-order valence-corrected chi connectivity index (χ0v) is 21.6. The van der Waals surface area contributed by atoms with E-state index in [-0.39, 0.29) is 14.0 Å². The van der Waals surface area contributed by atoms with Crippen LogP contribution >= 0.6 is 0 Å². The first-order valence-corrected chi connectivity index (χ1v) is 12.2. The van der Waals surface area contributed by atoms with E-state index in [1.807, 2.05) is 104 Å². The lowest BCUT2D eigenvalue weighted by Gasteiger charge is -2.32. The first-order valence-electron chi connectivity index (χ1n) is 12.2. The van der Waals surface area contributed by atoms with E-state index in [2.05, 4.69) is 0 Å². The molecule has 0 N–H and O–H groups in total. The molecule has 2 aromatic carbocycles. The Morgan fingerprint density at radius 1 is 0.412 bits per heavy atom. The van der Waals surface area contributed by atoms with Crippen molar-refractivity contribution >= 4 is 28.0 Å². The van der Waals surface area contributed by atoms with E-state index in [0.29, 0.717) is 36.6 Å². The summed E-state index contributed by atoms with van der Waals surface area (Å²) in [6.07, 6.45) is 0.